The molecular formula is C36H42N6O5S. The number of benzene rings is 2. The maximum absolute atomic E-state index is 14.6. The number of likely N-dealkylation sites (tertiary alicyclic amines) is 1. The molecule has 0 aliphatic carbocycles. The molecule has 0 saturated carbocycles. The number of methoxy groups -OCH3 is 1. The van der Waals surface area contributed by atoms with Gasteiger partial charge in [0.2, 0.25) is 17.7 Å². The Balaban J connectivity index is 1.19. The number of aryl methyl sites for hydroxylation is 1. The first-order chi connectivity index (χ1) is 23.3. The first-order valence-electron chi connectivity index (χ1n) is 16.8. The van der Waals surface area contributed by atoms with Crippen LogP contribution >= 0.6 is 11.3 Å². The topological polar surface area (TPSA) is 124 Å². The van der Waals surface area contributed by atoms with Gasteiger partial charge in [0.1, 0.15) is 17.8 Å². The molecule has 6 bridgehead atoms. The predicted molar refractivity (Wildman–Crippen MR) is 181 cm³/mol. The second kappa shape index (κ2) is 13.7. The summed E-state index contributed by atoms with van der Waals surface area (Å²) >= 11 is 1.64. The molecule has 1 aromatic heterocycles. The summed E-state index contributed by atoms with van der Waals surface area (Å²) in [5.41, 5.74) is 2.29. The van der Waals surface area contributed by atoms with Crippen molar-refractivity contribution in [1.29, 1.82) is 0 Å². The van der Waals surface area contributed by atoms with Crippen LogP contribution in [0.2, 0.25) is 0 Å². The van der Waals surface area contributed by atoms with Crippen LogP contribution in [0.5, 0.6) is 5.75 Å². The molecule has 0 radical (unpaired) electrons. The maximum Gasteiger partial charge on any atom is 0.254 e. The minimum Gasteiger partial charge on any atom is -0.497 e. The first kappa shape index (κ1) is 32.3. The van der Waals surface area contributed by atoms with Crippen LogP contribution in [0.25, 0.3) is 0 Å². The van der Waals surface area contributed by atoms with Crippen molar-refractivity contribution in [3.8, 4) is 5.75 Å². The van der Waals surface area contributed by atoms with Gasteiger partial charge in [0.05, 0.1) is 24.2 Å². The van der Waals surface area contributed by atoms with E-state index < -0.39 is 18.1 Å². The van der Waals surface area contributed by atoms with Crippen molar-refractivity contribution >= 4 is 35.0 Å². The van der Waals surface area contributed by atoms with Gasteiger partial charge in [0, 0.05) is 61.2 Å². The maximum atomic E-state index is 14.6. The summed E-state index contributed by atoms with van der Waals surface area (Å²) < 4.78 is 5.39. The van der Waals surface area contributed by atoms with E-state index in [1.165, 1.54) is 0 Å². The molecule has 3 saturated heterocycles. The highest BCUT2D eigenvalue weighted by Crippen LogP contribution is 2.35. The lowest BCUT2D eigenvalue weighted by Crippen LogP contribution is -2.54. The second-order valence-electron chi connectivity index (χ2n) is 13.3. The number of piperidine rings is 1. The number of thiazole rings is 1. The predicted octanol–water partition coefficient (Wildman–Crippen LogP) is 2.88. The lowest BCUT2D eigenvalue weighted by molar-refractivity contribution is -0.146. The smallest absolute Gasteiger partial charge is 0.254 e. The number of ether oxygens (including phenoxy) is 1. The standard InChI is InChI=1S/C36H42N6O5S/c1-22-29-18-32(43)38-27-17-31(41(21-27)34(44)25-8-4-3-5-9-25)36(46)42-20-26(37-19-23-7-6-10-28(15-23)47-2)16-30(42)35(45)40-13-11-24(12-14-40)33(39-29)48-22/h3-10,15,24,26-27,30-31,37H,11-14,16-21H2,1-2H3,(H,38,43)/t26-,27-,30-,31-/m0/s1. The Hall–Kier alpha value is -4.29. The van der Waals surface area contributed by atoms with E-state index in [0.717, 1.165) is 39.7 Å². The average Bonchev–Trinajstić information content (AvgIpc) is 3.83. The molecule has 252 valence electrons. The van der Waals surface area contributed by atoms with E-state index in [-0.39, 0.29) is 55.0 Å². The highest BCUT2D eigenvalue weighted by Gasteiger charge is 2.48. The van der Waals surface area contributed by atoms with Gasteiger partial charge in [-0.1, -0.05) is 30.3 Å². The minimum absolute atomic E-state index is 0.0448. The zero-order valence-corrected chi connectivity index (χ0v) is 28.2. The van der Waals surface area contributed by atoms with Crippen molar-refractivity contribution < 1.29 is 23.9 Å². The third-order valence-corrected chi connectivity index (χ3v) is 11.4. The molecule has 5 aliphatic heterocycles. The first-order valence-corrected chi connectivity index (χ1v) is 17.7. The SMILES string of the molecule is COc1cccc(CN[C@H]2C[C@H]3C(=O)N4CCC(CC4)c4nc(c(C)s4)CC(=O)N[C@H]4C[C@@H](C(=O)N3C2)N(C(=O)c2ccccc2)C4)c1. The normalized spacial score (nSPS) is 26.0. The summed E-state index contributed by atoms with van der Waals surface area (Å²) in [6.07, 6.45) is 2.47. The van der Waals surface area contributed by atoms with Crippen molar-refractivity contribution in [3.05, 3.63) is 81.3 Å². The Morgan fingerprint density at radius 2 is 1.79 bits per heavy atom. The lowest BCUT2D eigenvalue weighted by Gasteiger charge is -2.36. The quantitative estimate of drug-likeness (QED) is 0.428. The van der Waals surface area contributed by atoms with E-state index in [1.54, 1.807) is 52.5 Å². The molecule has 48 heavy (non-hydrogen) atoms. The number of rotatable bonds is 5. The van der Waals surface area contributed by atoms with Gasteiger partial charge in [-0.15, -0.1) is 11.3 Å². The van der Waals surface area contributed by atoms with Gasteiger partial charge in [-0.25, -0.2) is 4.98 Å². The van der Waals surface area contributed by atoms with Crippen molar-refractivity contribution in [2.75, 3.05) is 33.3 Å². The molecule has 8 rings (SSSR count). The molecule has 5 aliphatic rings. The Morgan fingerprint density at radius 1 is 1.00 bits per heavy atom. The number of aromatic nitrogens is 1. The fraction of sp³-hybridized carbons (Fsp3) is 0.472. The minimum atomic E-state index is -0.815. The number of carbonyl (C=O) groups excluding carboxylic acids is 4. The summed E-state index contributed by atoms with van der Waals surface area (Å²) in [5, 5.41) is 7.71. The third kappa shape index (κ3) is 6.55. The molecule has 3 fully saturated rings. The fourth-order valence-corrected chi connectivity index (χ4v) is 8.73. The molecule has 0 spiro atoms. The number of nitrogens with one attached hydrogen (secondary N) is 2. The van der Waals surface area contributed by atoms with E-state index in [0.29, 0.717) is 38.2 Å². The molecule has 4 amide bonds. The number of hydrogen-bond donors (Lipinski definition) is 2. The van der Waals surface area contributed by atoms with Crippen molar-refractivity contribution in [3.63, 3.8) is 0 Å². The van der Waals surface area contributed by atoms with Crippen LogP contribution in [0.3, 0.4) is 0 Å². The summed E-state index contributed by atoms with van der Waals surface area (Å²) in [4.78, 5) is 67.3. The highest BCUT2D eigenvalue weighted by molar-refractivity contribution is 7.11. The number of amides is 4. The van der Waals surface area contributed by atoms with Crippen LogP contribution in [-0.2, 0) is 27.3 Å². The molecule has 6 heterocycles. The third-order valence-electron chi connectivity index (χ3n) is 10.2. The molecule has 4 atom stereocenters. The van der Waals surface area contributed by atoms with Crippen molar-refractivity contribution in [2.45, 2.75) is 75.7 Å². The van der Waals surface area contributed by atoms with Gasteiger partial charge in [0.25, 0.3) is 5.91 Å². The van der Waals surface area contributed by atoms with Crippen LogP contribution in [0.1, 0.15) is 63.1 Å². The van der Waals surface area contributed by atoms with Crippen LogP contribution in [-0.4, -0.2) is 101 Å². The summed E-state index contributed by atoms with van der Waals surface area (Å²) in [6, 6.07) is 14.7. The molecule has 12 heteroatoms. The van der Waals surface area contributed by atoms with Crippen molar-refractivity contribution in [2.24, 2.45) is 0 Å². The monoisotopic (exact) mass is 670 g/mol. The second-order valence-corrected chi connectivity index (χ2v) is 14.6. The molecule has 2 aromatic carbocycles. The summed E-state index contributed by atoms with van der Waals surface area (Å²) in [5.74, 6) is 0.268. The van der Waals surface area contributed by atoms with Gasteiger partial charge >= 0.3 is 0 Å². The van der Waals surface area contributed by atoms with Gasteiger partial charge < -0.3 is 30.1 Å². The fourth-order valence-electron chi connectivity index (χ4n) is 7.62. The molecule has 0 unspecified atom stereocenters. The number of fused-ring (bicyclic) bond motifs is 4. The molecule has 2 N–H and O–H groups in total. The van der Waals surface area contributed by atoms with Crippen molar-refractivity contribution in [1.82, 2.24) is 30.3 Å². The Labute approximate surface area is 284 Å². The van der Waals surface area contributed by atoms with Gasteiger partial charge in [-0.05, 0) is 62.4 Å². The van der Waals surface area contributed by atoms with Crippen LogP contribution in [0.4, 0.5) is 0 Å². The average molecular weight is 671 g/mol. The lowest BCUT2D eigenvalue weighted by atomic mass is 9.96. The van der Waals surface area contributed by atoms with Crippen LogP contribution in [0, 0.1) is 6.92 Å². The molecule has 3 aromatic rings. The molecular weight excluding hydrogens is 628 g/mol. The Morgan fingerprint density at radius 3 is 2.56 bits per heavy atom. The highest BCUT2D eigenvalue weighted by atomic mass is 32.1. The largest absolute Gasteiger partial charge is 0.497 e. The summed E-state index contributed by atoms with van der Waals surface area (Å²) in [6.45, 7) is 4.28. The zero-order valence-electron chi connectivity index (χ0n) is 27.4. The number of nitrogens with zero attached hydrogens (tertiary/aromatic N) is 4. The van der Waals surface area contributed by atoms with Crippen LogP contribution < -0.4 is 15.4 Å². The Bertz CT molecular complexity index is 1690. The van der Waals surface area contributed by atoms with E-state index in [2.05, 4.69) is 10.6 Å². The summed E-state index contributed by atoms with van der Waals surface area (Å²) in [7, 11) is 1.64. The van der Waals surface area contributed by atoms with Crippen LogP contribution in [0.15, 0.2) is 54.6 Å². The van der Waals surface area contributed by atoms with Gasteiger partial charge in [0.15, 0.2) is 0 Å². The van der Waals surface area contributed by atoms with E-state index in [9.17, 15) is 19.2 Å². The number of carbonyl (C=O) groups is 4. The zero-order chi connectivity index (χ0) is 33.4. The Kier molecular flexibility index (Phi) is 9.19. The number of hydrogen-bond acceptors (Lipinski definition) is 8. The van der Waals surface area contributed by atoms with Gasteiger partial charge in [-0.3, -0.25) is 19.2 Å². The van der Waals surface area contributed by atoms with E-state index >= 15 is 0 Å². The van der Waals surface area contributed by atoms with E-state index in [1.807, 2.05) is 42.2 Å². The van der Waals surface area contributed by atoms with E-state index in [4.69, 9.17) is 9.72 Å². The van der Waals surface area contributed by atoms with Gasteiger partial charge in [-0.2, -0.15) is 0 Å². The molecule has 11 nitrogen and oxygen atoms in total.